The fourth-order valence-electron chi connectivity index (χ4n) is 2.51. The van der Waals surface area contributed by atoms with Crippen LogP contribution in [-0.2, 0) is 0 Å². The van der Waals surface area contributed by atoms with E-state index in [1.807, 2.05) is 12.1 Å². The molecule has 0 radical (unpaired) electrons. The van der Waals surface area contributed by atoms with E-state index in [0.717, 1.165) is 16.7 Å². The van der Waals surface area contributed by atoms with Gasteiger partial charge in [-0.2, -0.15) is 0 Å². The number of anilines is 1. The number of fused-ring (bicyclic) bond motifs is 3. The van der Waals surface area contributed by atoms with Crippen LogP contribution in [0.3, 0.4) is 0 Å². The summed E-state index contributed by atoms with van der Waals surface area (Å²) in [5, 5.41) is 1.88. The highest BCUT2D eigenvalue weighted by Gasteiger charge is 2.34. The Kier molecular flexibility index (Phi) is 2.57. The summed E-state index contributed by atoms with van der Waals surface area (Å²) in [6, 6.07) is 16.7. The van der Waals surface area contributed by atoms with Gasteiger partial charge >= 0.3 is 0 Å². The zero-order valence-corrected chi connectivity index (χ0v) is 11.7. The molecule has 4 rings (SSSR count). The Bertz CT molecular complexity index is 666. The molecule has 2 aliphatic heterocycles. The van der Waals surface area contributed by atoms with Crippen molar-refractivity contribution >= 4 is 34.2 Å². The Morgan fingerprint density at radius 2 is 1.89 bits per heavy atom. The summed E-state index contributed by atoms with van der Waals surface area (Å²) < 4.78 is 0. The second kappa shape index (κ2) is 4.29. The van der Waals surface area contributed by atoms with Crippen LogP contribution in [0.1, 0.15) is 11.6 Å². The number of hydrogen-bond acceptors (Lipinski definition) is 3. The van der Waals surface area contributed by atoms with Crippen LogP contribution in [-0.4, -0.2) is 11.7 Å². The molecule has 2 nitrogen and oxygen atoms in total. The van der Waals surface area contributed by atoms with Crippen molar-refractivity contribution < 1.29 is 0 Å². The zero-order chi connectivity index (χ0) is 12.8. The Morgan fingerprint density at radius 3 is 2.74 bits per heavy atom. The average Bonchev–Trinajstić information content (AvgIpc) is 2.97. The number of amidine groups is 1. The van der Waals surface area contributed by atoms with Crippen molar-refractivity contribution in [3.63, 3.8) is 0 Å². The van der Waals surface area contributed by atoms with Gasteiger partial charge in [-0.25, -0.2) is 0 Å². The topological polar surface area (TPSA) is 15.6 Å². The number of rotatable bonds is 1. The Labute approximate surface area is 121 Å². The molecule has 2 heterocycles. The molecule has 2 aromatic carbocycles. The molecule has 2 aromatic rings. The lowest BCUT2D eigenvalue weighted by atomic mass is 10.1. The van der Waals surface area contributed by atoms with Gasteiger partial charge in [0, 0.05) is 9.92 Å². The van der Waals surface area contributed by atoms with E-state index in [1.54, 1.807) is 11.8 Å². The van der Waals surface area contributed by atoms with Gasteiger partial charge in [0.2, 0.25) is 0 Å². The molecule has 0 fully saturated rings. The predicted molar refractivity (Wildman–Crippen MR) is 81.3 cm³/mol. The maximum absolute atomic E-state index is 5.93. The molecule has 0 saturated carbocycles. The highest BCUT2D eigenvalue weighted by atomic mass is 35.5. The summed E-state index contributed by atoms with van der Waals surface area (Å²) in [5.41, 5.74) is 2.51. The lowest BCUT2D eigenvalue weighted by Gasteiger charge is -2.15. The van der Waals surface area contributed by atoms with Crippen LogP contribution in [0, 0.1) is 0 Å². The van der Waals surface area contributed by atoms with Crippen LogP contribution in [0.2, 0.25) is 5.02 Å². The smallest absolute Gasteiger partial charge is 0.169 e. The summed E-state index contributed by atoms with van der Waals surface area (Å²) >= 11 is 7.69. The number of halogens is 1. The highest BCUT2D eigenvalue weighted by Crippen LogP contribution is 2.45. The van der Waals surface area contributed by atoms with Gasteiger partial charge in [0.05, 0.1) is 18.3 Å². The lowest BCUT2D eigenvalue weighted by molar-refractivity contribution is 0.778. The number of benzene rings is 2. The normalized spacial score (nSPS) is 20.2. The maximum atomic E-state index is 5.93. The lowest BCUT2D eigenvalue weighted by Crippen LogP contribution is -2.21. The van der Waals surface area contributed by atoms with Crippen molar-refractivity contribution in [2.75, 3.05) is 11.4 Å². The van der Waals surface area contributed by atoms with Gasteiger partial charge in [-0.1, -0.05) is 35.9 Å². The fraction of sp³-hybridized carbons (Fsp3) is 0.133. The minimum absolute atomic E-state index is 0.216. The van der Waals surface area contributed by atoms with E-state index in [0.29, 0.717) is 0 Å². The molecule has 19 heavy (non-hydrogen) atoms. The van der Waals surface area contributed by atoms with E-state index in [9.17, 15) is 0 Å². The van der Waals surface area contributed by atoms with Gasteiger partial charge in [0.15, 0.2) is 5.17 Å². The molecular formula is C15H11ClN2S. The molecule has 0 amide bonds. The van der Waals surface area contributed by atoms with Crippen molar-refractivity contribution in [2.24, 2.45) is 4.99 Å². The summed E-state index contributed by atoms with van der Waals surface area (Å²) in [6.45, 7) is 0.918. The Balaban J connectivity index is 1.66. The fourth-order valence-corrected chi connectivity index (χ4v) is 3.72. The van der Waals surface area contributed by atoms with E-state index in [4.69, 9.17) is 16.6 Å². The van der Waals surface area contributed by atoms with Crippen LogP contribution in [0.5, 0.6) is 0 Å². The highest BCUT2D eigenvalue weighted by molar-refractivity contribution is 8.14. The molecule has 1 atom stereocenters. The largest absolute Gasteiger partial charge is 0.317 e. The molecule has 0 aliphatic carbocycles. The van der Waals surface area contributed by atoms with Crippen LogP contribution in [0.4, 0.5) is 5.69 Å². The van der Waals surface area contributed by atoms with E-state index in [-0.39, 0.29) is 6.04 Å². The molecule has 0 saturated heterocycles. The minimum Gasteiger partial charge on any atom is -0.317 e. The summed E-state index contributed by atoms with van der Waals surface area (Å²) in [5.74, 6) is 0. The predicted octanol–water partition coefficient (Wildman–Crippen LogP) is 4.36. The third-order valence-electron chi connectivity index (χ3n) is 3.46. The molecule has 0 aromatic heterocycles. The van der Waals surface area contributed by atoms with E-state index < -0.39 is 0 Å². The van der Waals surface area contributed by atoms with Gasteiger partial charge in [-0.05, 0) is 41.6 Å². The first-order valence-electron chi connectivity index (χ1n) is 6.19. The summed E-state index contributed by atoms with van der Waals surface area (Å²) in [7, 11) is 0. The maximum Gasteiger partial charge on any atom is 0.169 e. The first-order valence-corrected chi connectivity index (χ1v) is 7.38. The second-order valence-electron chi connectivity index (χ2n) is 4.66. The molecule has 0 bridgehead atoms. The molecule has 0 spiro atoms. The van der Waals surface area contributed by atoms with Crippen molar-refractivity contribution in [2.45, 2.75) is 10.9 Å². The Morgan fingerprint density at radius 1 is 1.11 bits per heavy atom. The van der Waals surface area contributed by atoms with Gasteiger partial charge in [-0.15, -0.1) is 0 Å². The van der Waals surface area contributed by atoms with Gasteiger partial charge in [0.25, 0.3) is 0 Å². The first-order chi connectivity index (χ1) is 9.31. The number of nitrogens with zero attached hydrogens (tertiary/aromatic N) is 2. The number of hydrogen-bond donors (Lipinski definition) is 0. The van der Waals surface area contributed by atoms with Crippen molar-refractivity contribution in [3.05, 3.63) is 59.1 Å². The van der Waals surface area contributed by atoms with Crippen LogP contribution < -0.4 is 4.90 Å². The summed E-state index contributed by atoms with van der Waals surface area (Å²) in [4.78, 5) is 8.43. The van der Waals surface area contributed by atoms with E-state index in [2.05, 4.69) is 41.3 Å². The minimum atomic E-state index is 0.216. The number of para-hydroxylation sites is 1. The second-order valence-corrected chi connectivity index (χ2v) is 6.10. The van der Waals surface area contributed by atoms with Gasteiger partial charge in [-0.3, -0.25) is 4.99 Å². The SMILES string of the molecule is Clc1ccc(C2CN3C(=N2)Sc2ccccc23)cc1. The molecule has 4 heteroatoms. The van der Waals surface area contributed by atoms with Crippen molar-refractivity contribution in [1.82, 2.24) is 0 Å². The number of aliphatic imine (C=N–C) groups is 1. The van der Waals surface area contributed by atoms with E-state index in [1.165, 1.54) is 16.1 Å². The van der Waals surface area contributed by atoms with Crippen molar-refractivity contribution in [1.29, 1.82) is 0 Å². The Hall–Kier alpha value is -1.45. The molecule has 94 valence electrons. The third-order valence-corrected chi connectivity index (χ3v) is 4.79. The quantitative estimate of drug-likeness (QED) is 0.774. The van der Waals surface area contributed by atoms with E-state index >= 15 is 0 Å². The summed E-state index contributed by atoms with van der Waals surface area (Å²) in [6.07, 6.45) is 0. The standard InChI is InChI=1S/C15H11ClN2S/c16-11-7-5-10(6-8-11)12-9-18-13-3-1-2-4-14(13)19-15(18)17-12/h1-8,12H,9H2. The zero-order valence-electron chi connectivity index (χ0n) is 10.1. The molecule has 1 unspecified atom stereocenters. The van der Waals surface area contributed by atoms with Gasteiger partial charge < -0.3 is 4.90 Å². The van der Waals surface area contributed by atoms with Crippen LogP contribution in [0.15, 0.2) is 58.4 Å². The van der Waals surface area contributed by atoms with Crippen molar-refractivity contribution in [3.8, 4) is 0 Å². The number of thioether (sulfide) groups is 1. The van der Waals surface area contributed by atoms with Crippen LogP contribution in [0.25, 0.3) is 0 Å². The molecule has 0 N–H and O–H groups in total. The third kappa shape index (κ3) is 1.85. The molecule has 2 aliphatic rings. The van der Waals surface area contributed by atoms with Crippen LogP contribution >= 0.6 is 23.4 Å². The molecular weight excluding hydrogens is 276 g/mol. The monoisotopic (exact) mass is 286 g/mol. The average molecular weight is 287 g/mol. The first kappa shape index (κ1) is 11.4. The van der Waals surface area contributed by atoms with Gasteiger partial charge in [0.1, 0.15) is 0 Å².